The summed E-state index contributed by atoms with van der Waals surface area (Å²) >= 11 is 9.35. The summed E-state index contributed by atoms with van der Waals surface area (Å²) in [5, 5.41) is 9.69. The minimum Gasteiger partial charge on any atom is -0.493 e. The first-order valence-corrected chi connectivity index (χ1v) is 6.65. The van der Waals surface area contributed by atoms with Crippen LogP contribution in [0.4, 0.5) is 0 Å². The van der Waals surface area contributed by atoms with Gasteiger partial charge in [0.15, 0.2) is 11.5 Å². The van der Waals surface area contributed by atoms with E-state index in [9.17, 15) is 0 Å². The quantitative estimate of drug-likeness (QED) is 0.589. The van der Waals surface area contributed by atoms with Crippen LogP contribution in [0.1, 0.15) is 18.4 Å². The summed E-state index contributed by atoms with van der Waals surface area (Å²) in [6, 6.07) is 5.63. The van der Waals surface area contributed by atoms with Crippen LogP contribution < -0.4 is 9.47 Å². The normalized spacial score (nSPS) is 9.76. The van der Waals surface area contributed by atoms with Crippen LogP contribution in [0.2, 0.25) is 5.02 Å². The maximum absolute atomic E-state index is 8.45. The zero-order chi connectivity index (χ0) is 12.7. The van der Waals surface area contributed by atoms with Gasteiger partial charge in [0, 0.05) is 28.4 Å². The maximum atomic E-state index is 8.45. The zero-order valence-corrected chi connectivity index (χ0v) is 11.8. The van der Waals surface area contributed by atoms with Gasteiger partial charge in [-0.2, -0.15) is 5.26 Å². The third kappa shape index (κ3) is 4.10. The molecular weight excluding hydrogens is 305 g/mol. The number of benzene rings is 1. The van der Waals surface area contributed by atoms with E-state index in [2.05, 4.69) is 22.0 Å². The van der Waals surface area contributed by atoms with E-state index in [0.717, 1.165) is 5.56 Å². The molecule has 0 atom stereocenters. The van der Waals surface area contributed by atoms with Crippen LogP contribution >= 0.6 is 27.5 Å². The summed E-state index contributed by atoms with van der Waals surface area (Å²) in [7, 11) is 1.58. The Kier molecular flexibility index (Phi) is 6.17. The van der Waals surface area contributed by atoms with Gasteiger partial charge in [-0.05, 0) is 12.5 Å². The Morgan fingerprint density at radius 3 is 2.82 bits per heavy atom. The molecule has 0 saturated carbocycles. The lowest BCUT2D eigenvalue weighted by atomic mass is 10.2. The summed E-state index contributed by atoms with van der Waals surface area (Å²) in [5.41, 5.74) is 0.936. The molecule has 0 aliphatic rings. The number of ether oxygens (including phenoxy) is 2. The highest BCUT2D eigenvalue weighted by atomic mass is 79.9. The number of unbranched alkanes of at least 4 members (excludes halogenated alkanes) is 1. The molecule has 92 valence electrons. The lowest BCUT2D eigenvalue weighted by Gasteiger charge is -2.14. The van der Waals surface area contributed by atoms with Gasteiger partial charge in [-0.1, -0.05) is 27.5 Å². The molecule has 0 spiro atoms. The van der Waals surface area contributed by atoms with Gasteiger partial charge < -0.3 is 9.47 Å². The molecule has 3 nitrogen and oxygen atoms in total. The van der Waals surface area contributed by atoms with Crippen molar-refractivity contribution in [2.24, 2.45) is 0 Å². The zero-order valence-electron chi connectivity index (χ0n) is 9.50. The molecule has 0 aromatic heterocycles. The molecule has 17 heavy (non-hydrogen) atoms. The number of hydrogen-bond donors (Lipinski definition) is 0. The standard InChI is InChI=1S/C12H13BrClNO2/c1-16-11-7-10(14)6-9(8-13)12(11)17-5-3-2-4-15/h6-7H,2-3,5,8H2,1H3. The van der Waals surface area contributed by atoms with Gasteiger partial charge in [-0.25, -0.2) is 0 Å². The van der Waals surface area contributed by atoms with Crippen molar-refractivity contribution < 1.29 is 9.47 Å². The average Bonchev–Trinajstić information content (AvgIpc) is 2.35. The highest BCUT2D eigenvalue weighted by Gasteiger charge is 2.11. The van der Waals surface area contributed by atoms with Crippen LogP contribution in [0.15, 0.2) is 12.1 Å². The van der Waals surface area contributed by atoms with Gasteiger partial charge >= 0.3 is 0 Å². The second kappa shape index (κ2) is 7.41. The fourth-order valence-corrected chi connectivity index (χ4v) is 2.01. The van der Waals surface area contributed by atoms with Gasteiger partial charge in [-0.15, -0.1) is 0 Å². The van der Waals surface area contributed by atoms with Gasteiger partial charge in [0.25, 0.3) is 0 Å². The number of rotatable bonds is 6. The lowest BCUT2D eigenvalue weighted by Crippen LogP contribution is -2.01. The van der Waals surface area contributed by atoms with E-state index in [0.29, 0.717) is 41.3 Å². The first-order valence-electron chi connectivity index (χ1n) is 5.15. The van der Waals surface area contributed by atoms with E-state index < -0.39 is 0 Å². The second-order valence-corrected chi connectivity index (χ2v) is 4.34. The van der Waals surface area contributed by atoms with Crippen LogP contribution in [0.5, 0.6) is 11.5 Å². The molecule has 0 aliphatic carbocycles. The van der Waals surface area contributed by atoms with E-state index in [4.69, 9.17) is 26.3 Å². The van der Waals surface area contributed by atoms with E-state index in [1.54, 1.807) is 13.2 Å². The van der Waals surface area contributed by atoms with Crippen molar-refractivity contribution in [3.8, 4) is 17.6 Å². The summed E-state index contributed by atoms with van der Waals surface area (Å²) in [4.78, 5) is 0. The van der Waals surface area contributed by atoms with Crippen LogP contribution in [-0.2, 0) is 5.33 Å². The number of halogens is 2. The fourth-order valence-electron chi connectivity index (χ4n) is 1.36. The molecule has 0 bridgehead atoms. The van der Waals surface area contributed by atoms with E-state index in [1.165, 1.54) is 0 Å². The molecule has 0 amide bonds. The molecular formula is C12H13BrClNO2. The number of hydrogen-bond acceptors (Lipinski definition) is 3. The Bertz CT molecular complexity index is 392. The van der Waals surface area contributed by atoms with Crippen molar-refractivity contribution in [1.82, 2.24) is 0 Å². The fraction of sp³-hybridized carbons (Fsp3) is 0.417. The minimum atomic E-state index is 0.486. The third-order valence-corrected chi connectivity index (χ3v) is 2.96. The Balaban J connectivity index is 2.84. The largest absolute Gasteiger partial charge is 0.493 e. The highest BCUT2D eigenvalue weighted by Crippen LogP contribution is 2.35. The summed E-state index contributed by atoms with van der Waals surface area (Å²) in [6.07, 6.45) is 1.18. The maximum Gasteiger partial charge on any atom is 0.165 e. The Labute approximate surface area is 114 Å². The Hall–Kier alpha value is -0.920. The molecule has 0 fully saturated rings. The first kappa shape index (κ1) is 14.1. The van der Waals surface area contributed by atoms with Gasteiger partial charge in [0.2, 0.25) is 0 Å². The molecule has 0 unspecified atom stereocenters. The van der Waals surface area contributed by atoms with Crippen LogP contribution in [-0.4, -0.2) is 13.7 Å². The molecule has 1 aromatic rings. The van der Waals surface area contributed by atoms with E-state index in [1.807, 2.05) is 6.07 Å². The van der Waals surface area contributed by atoms with Crippen molar-refractivity contribution >= 4 is 27.5 Å². The summed E-state index contributed by atoms with van der Waals surface area (Å²) in [5.74, 6) is 1.30. The first-order chi connectivity index (χ1) is 8.22. The van der Waals surface area contributed by atoms with E-state index >= 15 is 0 Å². The smallest absolute Gasteiger partial charge is 0.165 e. The minimum absolute atomic E-state index is 0.486. The summed E-state index contributed by atoms with van der Waals surface area (Å²) in [6.45, 7) is 0.492. The molecule has 0 heterocycles. The SMILES string of the molecule is COc1cc(Cl)cc(CBr)c1OCCCC#N. The monoisotopic (exact) mass is 317 g/mol. The van der Waals surface area contributed by atoms with Crippen molar-refractivity contribution in [2.45, 2.75) is 18.2 Å². The van der Waals surface area contributed by atoms with Crippen LogP contribution in [0, 0.1) is 11.3 Å². The number of nitrogens with zero attached hydrogens (tertiary/aromatic N) is 1. The third-order valence-electron chi connectivity index (χ3n) is 2.14. The van der Waals surface area contributed by atoms with Crippen molar-refractivity contribution in [3.63, 3.8) is 0 Å². The summed E-state index contributed by atoms with van der Waals surface area (Å²) < 4.78 is 10.9. The Morgan fingerprint density at radius 2 is 2.24 bits per heavy atom. The second-order valence-electron chi connectivity index (χ2n) is 3.34. The molecule has 0 N–H and O–H groups in total. The molecule has 1 rings (SSSR count). The van der Waals surface area contributed by atoms with Gasteiger partial charge in [-0.3, -0.25) is 0 Å². The van der Waals surface area contributed by atoms with Crippen molar-refractivity contribution in [3.05, 3.63) is 22.7 Å². The van der Waals surface area contributed by atoms with Crippen molar-refractivity contribution in [1.29, 1.82) is 5.26 Å². The highest BCUT2D eigenvalue weighted by molar-refractivity contribution is 9.08. The Morgan fingerprint density at radius 1 is 1.47 bits per heavy atom. The molecule has 5 heteroatoms. The van der Waals surface area contributed by atoms with Gasteiger partial charge in [0.1, 0.15) is 0 Å². The lowest BCUT2D eigenvalue weighted by molar-refractivity contribution is 0.288. The van der Waals surface area contributed by atoms with Crippen LogP contribution in [0.25, 0.3) is 0 Å². The van der Waals surface area contributed by atoms with Crippen LogP contribution in [0.3, 0.4) is 0 Å². The predicted molar refractivity (Wildman–Crippen MR) is 71.0 cm³/mol. The molecule has 1 aromatic carbocycles. The predicted octanol–water partition coefficient (Wildman–Crippen LogP) is 3.93. The van der Waals surface area contributed by atoms with Crippen molar-refractivity contribution in [2.75, 3.05) is 13.7 Å². The molecule has 0 saturated heterocycles. The van der Waals surface area contributed by atoms with Gasteiger partial charge in [0.05, 0.1) is 19.8 Å². The number of alkyl halides is 1. The van der Waals surface area contributed by atoms with E-state index in [-0.39, 0.29) is 0 Å². The number of methoxy groups -OCH3 is 1. The average molecular weight is 319 g/mol. The number of nitriles is 1. The molecule has 0 radical (unpaired) electrons. The molecule has 0 aliphatic heterocycles. The topological polar surface area (TPSA) is 42.2 Å².